The minimum absolute atomic E-state index is 0.0609. The van der Waals surface area contributed by atoms with Gasteiger partial charge in [-0.05, 0) is 49.2 Å². The number of carbonyl (C=O) groups is 2. The summed E-state index contributed by atoms with van der Waals surface area (Å²) in [5.41, 5.74) is 2.54. The highest BCUT2D eigenvalue weighted by atomic mass is 35.5. The number of amides is 3. The highest BCUT2D eigenvalue weighted by molar-refractivity contribution is 7.11. The molecule has 3 aromatic rings. The Morgan fingerprint density at radius 1 is 1.03 bits per heavy atom. The van der Waals surface area contributed by atoms with Gasteiger partial charge in [0.1, 0.15) is 6.54 Å². The Balaban J connectivity index is 1.74. The normalized spacial score (nSPS) is 10.5. The number of urea groups is 1. The fraction of sp³-hybridized carbons (Fsp3) is 0.231. The van der Waals surface area contributed by atoms with Gasteiger partial charge in [-0.25, -0.2) is 4.79 Å². The summed E-state index contributed by atoms with van der Waals surface area (Å²) < 4.78 is 0. The van der Waals surface area contributed by atoms with Gasteiger partial charge in [0.25, 0.3) is 0 Å². The first-order valence-corrected chi connectivity index (χ1v) is 11.8. The lowest BCUT2D eigenvalue weighted by atomic mass is 10.2. The second kappa shape index (κ2) is 11.7. The molecule has 172 valence electrons. The van der Waals surface area contributed by atoms with E-state index in [1.165, 1.54) is 9.78 Å². The molecule has 0 aliphatic carbocycles. The van der Waals surface area contributed by atoms with E-state index in [0.29, 0.717) is 23.8 Å². The lowest BCUT2D eigenvalue weighted by Crippen LogP contribution is -2.44. The molecule has 2 aromatic carbocycles. The van der Waals surface area contributed by atoms with Crippen LogP contribution in [0.15, 0.2) is 73.3 Å². The summed E-state index contributed by atoms with van der Waals surface area (Å²) in [6.07, 6.45) is 1.61. The highest BCUT2D eigenvalue weighted by Gasteiger charge is 2.22. The molecular formula is C26H28ClN3O2S. The van der Waals surface area contributed by atoms with Crippen molar-refractivity contribution in [1.82, 2.24) is 9.80 Å². The Morgan fingerprint density at radius 2 is 1.79 bits per heavy atom. The van der Waals surface area contributed by atoms with Gasteiger partial charge in [0.05, 0.1) is 6.54 Å². The van der Waals surface area contributed by atoms with Crippen molar-refractivity contribution in [1.29, 1.82) is 0 Å². The number of hydrogen-bond donors (Lipinski definition) is 1. The molecular weight excluding hydrogens is 454 g/mol. The van der Waals surface area contributed by atoms with Crippen LogP contribution in [0.5, 0.6) is 0 Å². The Labute approximate surface area is 204 Å². The lowest BCUT2D eigenvalue weighted by molar-refractivity contribution is -0.132. The van der Waals surface area contributed by atoms with E-state index in [4.69, 9.17) is 11.6 Å². The average molecular weight is 482 g/mol. The van der Waals surface area contributed by atoms with Crippen LogP contribution >= 0.6 is 22.9 Å². The predicted octanol–water partition coefficient (Wildman–Crippen LogP) is 6.27. The van der Waals surface area contributed by atoms with Gasteiger partial charge in [-0.3, -0.25) is 4.79 Å². The molecule has 0 saturated heterocycles. The maximum atomic E-state index is 13.4. The molecule has 1 aromatic heterocycles. The quantitative estimate of drug-likeness (QED) is 0.366. The molecule has 0 bridgehead atoms. The SMILES string of the molecule is C=CCN(CC(=O)N(Cc1ccccc1)Cc1ccc(C)s1)C(=O)Nc1ccc(C)c(Cl)c1. The molecule has 1 heterocycles. The van der Waals surface area contributed by atoms with Crippen LogP contribution in [-0.2, 0) is 17.9 Å². The molecule has 7 heteroatoms. The summed E-state index contributed by atoms with van der Waals surface area (Å²) in [5, 5.41) is 3.40. The largest absolute Gasteiger partial charge is 0.332 e. The van der Waals surface area contributed by atoms with Crippen LogP contribution < -0.4 is 5.32 Å². The third-order valence-corrected chi connectivity index (χ3v) is 6.49. The van der Waals surface area contributed by atoms with E-state index in [2.05, 4.69) is 18.0 Å². The Kier molecular flexibility index (Phi) is 8.69. The Hall–Kier alpha value is -3.09. The molecule has 0 saturated carbocycles. The topological polar surface area (TPSA) is 52.7 Å². The van der Waals surface area contributed by atoms with Crippen molar-refractivity contribution < 1.29 is 9.59 Å². The van der Waals surface area contributed by atoms with Crippen LogP contribution in [0.4, 0.5) is 10.5 Å². The van der Waals surface area contributed by atoms with Crippen molar-refractivity contribution in [2.24, 2.45) is 0 Å². The molecule has 5 nitrogen and oxygen atoms in total. The molecule has 0 aliphatic heterocycles. The van der Waals surface area contributed by atoms with Crippen LogP contribution in [0, 0.1) is 13.8 Å². The molecule has 0 fully saturated rings. The van der Waals surface area contributed by atoms with Gasteiger partial charge in [-0.2, -0.15) is 0 Å². The predicted molar refractivity (Wildman–Crippen MR) is 137 cm³/mol. The fourth-order valence-electron chi connectivity index (χ4n) is 3.31. The maximum absolute atomic E-state index is 13.4. The molecule has 0 spiro atoms. The van der Waals surface area contributed by atoms with E-state index in [-0.39, 0.29) is 25.0 Å². The van der Waals surface area contributed by atoms with Gasteiger partial charge in [-0.15, -0.1) is 17.9 Å². The first-order valence-electron chi connectivity index (χ1n) is 10.7. The Bertz CT molecular complexity index is 1110. The fourth-order valence-corrected chi connectivity index (χ4v) is 4.39. The number of aryl methyl sites for hydroxylation is 2. The zero-order valence-corrected chi connectivity index (χ0v) is 20.5. The van der Waals surface area contributed by atoms with Crippen molar-refractivity contribution in [3.63, 3.8) is 0 Å². The van der Waals surface area contributed by atoms with Gasteiger partial charge in [0.2, 0.25) is 5.91 Å². The van der Waals surface area contributed by atoms with Crippen LogP contribution in [0.1, 0.15) is 20.9 Å². The maximum Gasteiger partial charge on any atom is 0.322 e. The van der Waals surface area contributed by atoms with E-state index in [0.717, 1.165) is 16.0 Å². The third-order valence-electron chi connectivity index (χ3n) is 5.10. The van der Waals surface area contributed by atoms with E-state index in [1.54, 1.807) is 34.4 Å². The van der Waals surface area contributed by atoms with Gasteiger partial charge in [0, 0.05) is 33.6 Å². The monoisotopic (exact) mass is 481 g/mol. The van der Waals surface area contributed by atoms with Crippen LogP contribution in [0.25, 0.3) is 0 Å². The van der Waals surface area contributed by atoms with E-state index in [1.807, 2.05) is 56.3 Å². The number of hydrogen-bond acceptors (Lipinski definition) is 3. The standard InChI is InChI=1S/C26H28ClN3O2S/c1-4-14-29(26(32)28-22-12-10-19(2)24(27)15-22)18-25(31)30(16-21-8-6-5-7-9-21)17-23-13-11-20(3)33-23/h4-13,15H,1,14,16-18H2,2-3H3,(H,28,32). The third kappa shape index (κ3) is 7.20. The van der Waals surface area contributed by atoms with Crippen LogP contribution in [-0.4, -0.2) is 34.8 Å². The molecule has 0 unspecified atom stereocenters. The molecule has 3 rings (SSSR count). The molecule has 1 N–H and O–H groups in total. The minimum Gasteiger partial charge on any atom is -0.332 e. The average Bonchev–Trinajstić information content (AvgIpc) is 3.20. The zero-order valence-electron chi connectivity index (χ0n) is 18.9. The van der Waals surface area contributed by atoms with Crippen LogP contribution in [0.2, 0.25) is 5.02 Å². The summed E-state index contributed by atoms with van der Waals surface area (Å²) in [6.45, 7) is 8.82. The summed E-state index contributed by atoms with van der Waals surface area (Å²) in [5.74, 6) is -0.135. The number of carbonyl (C=O) groups excluding carboxylic acids is 2. The first kappa shape index (κ1) is 24.6. The molecule has 3 amide bonds. The number of nitrogens with one attached hydrogen (secondary N) is 1. The summed E-state index contributed by atoms with van der Waals surface area (Å²) in [4.78, 5) is 31.8. The van der Waals surface area contributed by atoms with Crippen molar-refractivity contribution in [3.05, 3.63) is 99.2 Å². The van der Waals surface area contributed by atoms with Crippen molar-refractivity contribution >= 4 is 40.6 Å². The molecule has 33 heavy (non-hydrogen) atoms. The van der Waals surface area contributed by atoms with Crippen molar-refractivity contribution in [2.75, 3.05) is 18.4 Å². The number of nitrogens with zero attached hydrogens (tertiary/aromatic N) is 2. The van der Waals surface area contributed by atoms with E-state index >= 15 is 0 Å². The van der Waals surface area contributed by atoms with Gasteiger partial charge in [0.15, 0.2) is 0 Å². The van der Waals surface area contributed by atoms with Gasteiger partial charge in [-0.1, -0.05) is 54.1 Å². The molecule has 0 atom stereocenters. The number of anilines is 1. The minimum atomic E-state index is -0.380. The summed E-state index contributed by atoms with van der Waals surface area (Å²) in [6, 6.07) is 18.9. The summed E-state index contributed by atoms with van der Waals surface area (Å²) >= 11 is 7.85. The zero-order chi connectivity index (χ0) is 23.8. The van der Waals surface area contributed by atoms with Gasteiger partial charge < -0.3 is 15.1 Å². The Morgan fingerprint density at radius 3 is 2.42 bits per heavy atom. The smallest absolute Gasteiger partial charge is 0.322 e. The highest BCUT2D eigenvalue weighted by Crippen LogP contribution is 2.21. The van der Waals surface area contributed by atoms with Crippen molar-refractivity contribution in [2.45, 2.75) is 26.9 Å². The van der Waals surface area contributed by atoms with E-state index < -0.39 is 0 Å². The summed E-state index contributed by atoms with van der Waals surface area (Å²) in [7, 11) is 0. The van der Waals surface area contributed by atoms with Crippen molar-refractivity contribution in [3.8, 4) is 0 Å². The molecule has 0 radical (unpaired) electrons. The van der Waals surface area contributed by atoms with Gasteiger partial charge >= 0.3 is 6.03 Å². The molecule has 0 aliphatic rings. The second-order valence-electron chi connectivity index (χ2n) is 7.81. The second-order valence-corrected chi connectivity index (χ2v) is 9.59. The van der Waals surface area contributed by atoms with E-state index in [9.17, 15) is 9.59 Å². The number of halogens is 1. The lowest BCUT2D eigenvalue weighted by Gasteiger charge is -2.27. The first-order chi connectivity index (χ1) is 15.9. The number of thiophene rings is 1. The van der Waals surface area contributed by atoms with Crippen LogP contribution in [0.3, 0.4) is 0 Å². The number of rotatable bonds is 9. The number of benzene rings is 2.